The maximum atomic E-state index is 12.2. The van der Waals surface area contributed by atoms with Gasteiger partial charge < -0.3 is 15.4 Å². The van der Waals surface area contributed by atoms with E-state index in [1.807, 2.05) is 25.7 Å². The lowest BCUT2D eigenvalue weighted by molar-refractivity contribution is -0.000710. The fourth-order valence-corrected chi connectivity index (χ4v) is 2.53. The molecule has 4 heteroatoms. The maximum absolute atomic E-state index is 12.2. The predicted octanol–water partition coefficient (Wildman–Crippen LogP) is 2.76. The first-order valence-electron chi connectivity index (χ1n) is 7.03. The third kappa shape index (κ3) is 3.87. The monoisotopic (exact) mass is 256 g/mol. The zero-order valence-electron chi connectivity index (χ0n) is 12.4. The molecule has 0 saturated carbocycles. The standard InChI is InChI=1S/C14H28N2O2/c1-6-10-9-16(11(7-2)8-12(10)15)13(17)18-14(3,4)5/h10-12H,6-9,15H2,1-5H3/t10-,11+,12-/m0/s1. The van der Waals surface area contributed by atoms with Crippen LogP contribution < -0.4 is 5.73 Å². The molecule has 0 aromatic rings. The first kappa shape index (κ1) is 15.3. The van der Waals surface area contributed by atoms with Gasteiger partial charge in [0.2, 0.25) is 0 Å². The Morgan fingerprint density at radius 3 is 2.39 bits per heavy atom. The Morgan fingerprint density at radius 1 is 1.33 bits per heavy atom. The Balaban J connectivity index is 2.74. The highest BCUT2D eigenvalue weighted by molar-refractivity contribution is 5.68. The van der Waals surface area contributed by atoms with Gasteiger partial charge in [-0.2, -0.15) is 0 Å². The molecule has 1 amide bonds. The van der Waals surface area contributed by atoms with Crippen LogP contribution in [-0.2, 0) is 4.74 Å². The summed E-state index contributed by atoms with van der Waals surface area (Å²) in [5.74, 6) is 0.389. The highest BCUT2D eigenvalue weighted by Gasteiger charge is 2.36. The second-order valence-electron chi connectivity index (χ2n) is 6.26. The van der Waals surface area contributed by atoms with Crippen molar-refractivity contribution in [2.45, 2.75) is 71.6 Å². The Morgan fingerprint density at radius 2 is 1.94 bits per heavy atom. The molecule has 0 aromatic carbocycles. The molecule has 1 saturated heterocycles. The van der Waals surface area contributed by atoms with Crippen LogP contribution in [-0.4, -0.2) is 35.2 Å². The molecule has 1 fully saturated rings. The van der Waals surface area contributed by atoms with Gasteiger partial charge in [-0.25, -0.2) is 4.79 Å². The zero-order chi connectivity index (χ0) is 13.9. The van der Waals surface area contributed by atoms with E-state index in [2.05, 4.69) is 13.8 Å². The number of ether oxygens (including phenoxy) is 1. The fraction of sp³-hybridized carbons (Fsp3) is 0.929. The molecule has 1 rings (SSSR count). The molecule has 0 aliphatic carbocycles. The SMILES string of the molecule is CC[C@H]1CN(C(=O)OC(C)(C)C)[C@H](CC)C[C@@H]1N. The van der Waals surface area contributed by atoms with Gasteiger partial charge in [0.05, 0.1) is 0 Å². The Labute approximate surface area is 111 Å². The lowest BCUT2D eigenvalue weighted by Crippen LogP contribution is -2.55. The third-order valence-corrected chi connectivity index (χ3v) is 3.65. The van der Waals surface area contributed by atoms with Crippen LogP contribution >= 0.6 is 0 Å². The van der Waals surface area contributed by atoms with Crippen molar-refractivity contribution in [3.05, 3.63) is 0 Å². The van der Waals surface area contributed by atoms with E-state index >= 15 is 0 Å². The molecule has 3 atom stereocenters. The summed E-state index contributed by atoms with van der Waals surface area (Å²) < 4.78 is 5.48. The molecular formula is C14H28N2O2. The lowest BCUT2D eigenvalue weighted by atomic mass is 9.86. The summed E-state index contributed by atoms with van der Waals surface area (Å²) >= 11 is 0. The molecule has 1 aliphatic heterocycles. The molecule has 2 N–H and O–H groups in total. The number of piperidine rings is 1. The van der Waals surface area contributed by atoms with Gasteiger partial charge in [-0.05, 0) is 39.5 Å². The van der Waals surface area contributed by atoms with Crippen molar-refractivity contribution in [1.29, 1.82) is 0 Å². The van der Waals surface area contributed by atoms with E-state index in [1.54, 1.807) is 0 Å². The first-order chi connectivity index (χ1) is 8.28. The largest absolute Gasteiger partial charge is 0.444 e. The van der Waals surface area contributed by atoms with Gasteiger partial charge in [-0.3, -0.25) is 0 Å². The van der Waals surface area contributed by atoms with Crippen molar-refractivity contribution in [1.82, 2.24) is 4.90 Å². The number of likely N-dealkylation sites (tertiary alicyclic amines) is 1. The third-order valence-electron chi connectivity index (χ3n) is 3.65. The average molecular weight is 256 g/mol. The number of rotatable bonds is 2. The summed E-state index contributed by atoms with van der Waals surface area (Å²) in [7, 11) is 0. The second kappa shape index (κ2) is 5.91. The van der Waals surface area contributed by atoms with Gasteiger partial charge >= 0.3 is 6.09 Å². The van der Waals surface area contributed by atoms with Crippen molar-refractivity contribution >= 4 is 6.09 Å². The van der Waals surface area contributed by atoms with Gasteiger partial charge in [0.15, 0.2) is 0 Å². The van der Waals surface area contributed by atoms with Crippen molar-refractivity contribution in [2.75, 3.05) is 6.54 Å². The highest BCUT2D eigenvalue weighted by Crippen LogP contribution is 2.26. The normalized spacial score (nSPS) is 29.2. The summed E-state index contributed by atoms with van der Waals surface area (Å²) in [6.45, 7) is 10.7. The molecule has 106 valence electrons. The summed E-state index contributed by atoms with van der Waals surface area (Å²) in [6, 6.07) is 0.427. The maximum Gasteiger partial charge on any atom is 0.410 e. The van der Waals surface area contributed by atoms with Crippen LogP contribution in [0.15, 0.2) is 0 Å². The van der Waals surface area contributed by atoms with Gasteiger partial charge in [0.1, 0.15) is 5.60 Å². The number of carbonyl (C=O) groups excluding carboxylic acids is 1. The Hall–Kier alpha value is -0.770. The van der Waals surface area contributed by atoms with E-state index in [9.17, 15) is 4.79 Å². The van der Waals surface area contributed by atoms with E-state index in [-0.39, 0.29) is 18.2 Å². The number of hydrogen-bond acceptors (Lipinski definition) is 3. The van der Waals surface area contributed by atoms with Gasteiger partial charge in [-0.15, -0.1) is 0 Å². The van der Waals surface area contributed by atoms with E-state index in [4.69, 9.17) is 10.5 Å². The van der Waals surface area contributed by atoms with Crippen molar-refractivity contribution in [3.8, 4) is 0 Å². The molecular weight excluding hydrogens is 228 g/mol. The molecule has 1 aliphatic rings. The molecule has 1 heterocycles. The summed E-state index contributed by atoms with van der Waals surface area (Å²) in [4.78, 5) is 14.1. The molecule has 0 spiro atoms. The fourth-order valence-electron chi connectivity index (χ4n) is 2.53. The van der Waals surface area contributed by atoms with Crippen molar-refractivity contribution in [3.63, 3.8) is 0 Å². The zero-order valence-corrected chi connectivity index (χ0v) is 12.4. The van der Waals surface area contributed by atoms with Crippen LogP contribution in [0.4, 0.5) is 4.79 Å². The Bertz CT molecular complexity index is 286. The van der Waals surface area contributed by atoms with Gasteiger partial charge in [-0.1, -0.05) is 20.3 Å². The summed E-state index contributed by atoms with van der Waals surface area (Å²) in [5, 5.41) is 0. The molecule has 0 bridgehead atoms. The van der Waals surface area contributed by atoms with Crippen LogP contribution in [0.1, 0.15) is 53.9 Å². The van der Waals surface area contributed by atoms with Crippen molar-refractivity contribution < 1.29 is 9.53 Å². The minimum Gasteiger partial charge on any atom is -0.444 e. The predicted molar refractivity (Wildman–Crippen MR) is 73.4 cm³/mol. The minimum absolute atomic E-state index is 0.195. The summed E-state index contributed by atoms with van der Waals surface area (Å²) in [6.07, 6.45) is 2.63. The van der Waals surface area contributed by atoms with Crippen LogP contribution in [0.3, 0.4) is 0 Å². The van der Waals surface area contributed by atoms with Crippen LogP contribution in [0.5, 0.6) is 0 Å². The van der Waals surface area contributed by atoms with E-state index in [0.29, 0.717) is 5.92 Å². The molecule has 0 aromatic heterocycles. The second-order valence-corrected chi connectivity index (χ2v) is 6.26. The topological polar surface area (TPSA) is 55.6 Å². The molecule has 0 radical (unpaired) electrons. The van der Waals surface area contributed by atoms with E-state index < -0.39 is 5.60 Å². The van der Waals surface area contributed by atoms with Gasteiger partial charge in [0, 0.05) is 18.6 Å². The van der Waals surface area contributed by atoms with Crippen LogP contribution in [0, 0.1) is 5.92 Å². The number of amides is 1. The average Bonchev–Trinajstić information content (AvgIpc) is 2.26. The molecule has 4 nitrogen and oxygen atoms in total. The number of carbonyl (C=O) groups is 1. The van der Waals surface area contributed by atoms with Crippen LogP contribution in [0.2, 0.25) is 0 Å². The Kier molecular flexibility index (Phi) is 5.02. The quantitative estimate of drug-likeness (QED) is 0.826. The lowest BCUT2D eigenvalue weighted by Gasteiger charge is -2.42. The first-order valence-corrected chi connectivity index (χ1v) is 7.03. The van der Waals surface area contributed by atoms with E-state index in [0.717, 1.165) is 25.8 Å². The van der Waals surface area contributed by atoms with Crippen LogP contribution in [0.25, 0.3) is 0 Å². The summed E-state index contributed by atoms with van der Waals surface area (Å²) in [5.41, 5.74) is 5.73. The highest BCUT2D eigenvalue weighted by atomic mass is 16.6. The smallest absolute Gasteiger partial charge is 0.410 e. The number of nitrogens with zero attached hydrogens (tertiary/aromatic N) is 1. The minimum atomic E-state index is -0.434. The van der Waals surface area contributed by atoms with Crippen molar-refractivity contribution in [2.24, 2.45) is 11.7 Å². The van der Waals surface area contributed by atoms with E-state index in [1.165, 1.54) is 0 Å². The number of nitrogens with two attached hydrogens (primary N) is 1. The molecule has 0 unspecified atom stereocenters. The molecule has 18 heavy (non-hydrogen) atoms. The number of hydrogen-bond donors (Lipinski definition) is 1. The van der Waals surface area contributed by atoms with Gasteiger partial charge in [0.25, 0.3) is 0 Å².